The highest BCUT2D eigenvalue weighted by Gasteiger charge is 2.38. The lowest BCUT2D eigenvalue weighted by Gasteiger charge is -2.24. The van der Waals surface area contributed by atoms with Crippen LogP contribution in [-0.2, 0) is 20.9 Å². The van der Waals surface area contributed by atoms with Crippen LogP contribution in [0.25, 0.3) is 0 Å². The van der Waals surface area contributed by atoms with Gasteiger partial charge in [-0.2, -0.15) is 13.2 Å². The number of hydrogen-bond donors (Lipinski definition) is 2. The van der Waals surface area contributed by atoms with Gasteiger partial charge in [-0.25, -0.2) is 9.59 Å². The SMILES string of the molecule is CN(C(=O)OCc1ccccc1)C(COCC(O)C(F)(F)F)C(=O)O. The molecular formula is C15H18F3NO6. The number of hydrogen-bond acceptors (Lipinski definition) is 5. The van der Waals surface area contributed by atoms with Crippen LogP contribution in [0.15, 0.2) is 30.3 Å². The molecule has 0 aromatic heterocycles. The number of nitrogens with zero attached hydrogens (tertiary/aromatic N) is 1. The van der Waals surface area contributed by atoms with E-state index in [9.17, 15) is 22.8 Å². The fourth-order valence-corrected chi connectivity index (χ4v) is 1.68. The molecule has 140 valence electrons. The van der Waals surface area contributed by atoms with E-state index in [-0.39, 0.29) is 6.61 Å². The molecule has 0 bridgehead atoms. The average molecular weight is 365 g/mol. The molecule has 0 saturated heterocycles. The topological polar surface area (TPSA) is 96.3 Å². The molecular weight excluding hydrogens is 347 g/mol. The Labute approximate surface area is 141 Å². The average Bonchev–Trinajstić information content (AvgIpc) is 2.55. The van der Waals surface area contributed by atoms with E-state index in [1.165, 1.54) is 0 Å². The molecule has 0 aliphatic heterocycles. The Balaban J connectivity index is 2.53. The van der Waals surface area contributed by atoms with Crippen LogP contribution in [0.2, 0.25) is 0 Å². The largest absolute Gasteiger partial charge is 0.480 e. The van der Waals surface area contributed by atoms with E-state index in [2.05, 4.69) is 4.74 Å². The molecule has 7 nitrogen and oxygen atoms in total. The summed E-state index contributed by atoms with van der Waals surface area (Å²) in [6, 6.07) is 7.06. The molecule has 1 amide bonds. The van der Waals surface area contributed by atoms with Crippen molar-refractivity contribution >= 4 is 12.1 Å². The van der Waals surface area contributed by atoms with Crippen LogP contribution >= 0.6 is 0 Å². The minimum atomic E-state index is -4.88. The van der Waals surface area contributed by atoms with Crippen LogP contribution in [-0.4, -0.2) is 65.8 Å². The molecule has 2 atom stereocenters. The number of amides is 1. The third kappa shape index (κ3) is 6.98. The zero-order valence-corrected chi connectivity index (χ0v) is 13.3. The normalized spacial score (nSPS) is 13.8. The van der Waals surface area contributed by atoms with Gasteiger partial charge in [-0.3, -0.25) is 4.90 Å². The van der Waals surface area contributed by atoms with Crippen LogP contribution in [0, 0.1) is 0 Å². The van der Waals surface area contributed by atoms with Crippen molar-refractivity contribution < 1.29 is 42.4 Å². The molecule has 1 aromatic rings. The van der Waals surface area contributed by atoms with Crippen LogP contribution in [0.3, 0.4) is 0 Å². The quantitative estimate of drug-likeness (QED) is 0.727. The number of carbonyl (C=O) groups excluding carboxylic acids is 1. The Morgan fingerprint density at radius 2 is 1.80 bits per heavy atom. The first kappa shape index (κ1) is 20.7. The van der Waals surface area contributed by atoms with Crippen molar-refractivity contribution in [3.05, 3.63) is 35.9 Å². The maximum absolute atomic E-state index is 12.1. The number of benzene rings is 1. The number of likely N-dealkylation sites (N-methyl/N-ethyl adjacent to an activating group) is 1. The standard InChI is InChI=1S/C15H18F3NO6/c1-19(14(23)25-7-10-5-3-2-4-6-10)11(13(21)22)8-24-9-12(20)15(16,17)18/h2-6,11-12,20H,7-9H2,1H3,(H,21,22). The summed E-state index contributed by atoms with van der Waals surface area (Å²) < 4.78 is 46.0. The maximum atomic E-state index is 12.1. The lowest BCUT2D eigenvalue weighted by molar-refractivity contribution is -0.218. The van der Waals surface area contributed by atoms with Gasteiger partial charge in [0.25, 0.3) is 0 Å². The molecule has 1 aromatic carbocycles. The number of carboxylic acid groups (broad SMARTS) is 1. The highest BCUT2D eigenvalue weighted by molar-refractivity contribution is 5.80. The van der Waals surface area contributed by atoms with Gasteiger partial charge in [0.15, 0.2) is 12.1 Å². The predicted octanol–water partition coefficient (Wildman–Crippen LogP) is 1.65. The number of carboxylic acids is 1. The highest BCUT2D eigenvalue weighted by atomic mass is 19.4. The number of carbonyl (C=O) groups is 2. The van der Waals surface area contributed by atoms with Crippen molar-refractivity contribution in [1.29, 1.82) is 0 Å². The molecule has 0 heterocycles. The van der Waals surface area contributed by atoms with E-state index in [1.807, 2.05) is 0 Å². The van der Waals surface area contributed by atoms with E-state index in [0.717, 1.165) is 7.05 Å². The number of aliphatic carboxylic acids is 1. The van der Waals surface area contributed by atoms with Gasteiger partial charge in [0.1, 0.15) is 6.61 Å². The van der Waals surface area contributed by atoms with Gasteiger partial charge >= 0.3 is 18.2 Å². The van der Waals surface area contributed by atoms with E-state index in [0.29, 0.717) is 10.5 Å². The summed E-state index contributed by atoms with van der Waals surface area (Å²) in [6.07, 6.45) is -8.59. The number of aliphatic hydroxyl groups excluding tert-OH is 1. The third-order valence-electron chi connectivity index (χ3n) is 3.17. The predicted molar refractivity (Wildman–Crippen MR) is 78.7 cm³/mol. The molecule has 0 aliphatic rings. The molecule has 2 unspecified atom stereocenters. The zero-order valence-electron chi connectivity index (χ0n) is 13.3. The summed E-state index contributed by atoms with van der Waals surface area (Å²) in [5.41, 5.74) is 0.681. The molecule has 0 aliphatic carbocycles. The summed E-state index contributed by atoms with van der Waals surface area (Å²) in [7, 11) is 1.12. The van der Waals surface area contributed by atoms with Gasteiger partial charge in [0.2, 0.25) is 0 Å². The summed E-state index contributed by atoms with van der Waals surface area (Å²) in [4.78, 5) is 23.8. The van der Waals surface area contributed by atoms with Gasteiger partial charge in [-0.15, -0.1) is 0 Å². The van der Waals surface area contributed by atoms with Crippen LogP contribution in [0.4, 0.5) is 18.0 Å². The van der Waals surface area contributed by atoms with Crippen molar-refractivity contribution in [3.8, 4) is 0 Å². The number of ether oxygens (including phenoxy) is 2. The first-order valence-corrected chi connectivity index (χ1v) is 7.11. The van der Waals surface area contributed by atoms with Gasteiger partial charge in [-0.05, 0) is 5.56 Å². The number of rotatable bonds is 8. The van der Waals surface area contributed by atoms with Crippen LogP contribution < -0.4 is 0 Å². The third-order valence-corrected chi connectivity index (χ3v) is 3.17. The molecule has 2 N–H and O–H groups in total. The second-order valence-electron chi connectivity index (χ2n) is 5.10. The Kier molecular flexibility index (Phi) is 7.65. The second-order valence-corrected chi connectivity index (χ2v) is 5.10. The Morgan fingerprint density at radius 1 is 1.20 bits per heavy atom. The van der Waals surface area contributed by atoms with E-state index in [4.69, 9.17) is 14.9 Å². The molecule has 1 rings (SSSR count). The van der Waals surface area contributed by atoms with Crippen LogP contribution in [0.1, 0.15) is 5.56 Å². The number of alkyl halides is 3. The van der Waals surface area contributed by atoms with Crippen molar-refractivity contribution in [2.45, 2.75) is 24.9 Å². The van der Waals surface area contributed by atoms with Crippen molar-refractivity contribution in [2.75, 3.05) is 20.3 Å². The Morgan fingerprint density at radius 3 is 2.32 bits per heavy atom. The van der Waals surface area contributed by atoms with Crippen molar-refractivity contribution in [3.63, 3.8) is 0 Å². The number of aliphatic hydroxyl groups is 1. The van der Waals surface area contributed by atoms with Gasteiger partial charge < -0.3 is 19.7 Å². The smallest absolute Gasteiger partial charge is 0.416 e. The molecule has 25 heavy (non-hydrogen) atoms. The van der Waals surface area contributed by atoms with Gasteiger partial charge in [-0.1, -0.05) is 30.3 Å². The lowest BCUT2D eigenvalue weighted by atomic mass is 10.2. The fourth-order valence-electron chi connectivity index (χ4n) is 1.68. The van der Waals surface area contributed by atoms with Crippen molar-refractivity contribution in [2.24, 2.45) is 0 Å². The summed E-state index contributed by atoms with van der Waals surface area (Å²) in [5.74, 6) is -1.49. The number of halogens is 3. The first-order valence-electron chi connectivity index (χ1n) is 7.11. The van der Waals surface area contributed by atoms with Gasteiger partial charge in [0.05, 0.1) is 13.2 Å². The molecule has 0 radical (unpaired) electrons. The fraction of sp³-hybridized carbons (Fsp3) is 0.467. The maximum Gasteiger partial charge on any atom is 0.416 e. The van der Waals surface area contributed by atoms with E-state index in [1.54, 1.807) is 30.3 Å². The monoisotopic (exact) mass is 365 g/mol. The Hall–Kier alpha value is -2.33. The second kappa shape index (κ2) is 9.23. The van der Waals surface area contributed by atoms with Crippen LogP contribution in [0.5, 0.6) is 0 Å². The minimum Gasteiger partial charge on any atom is -0.480 e. The van der Waals surface area contributed by atoms with E-state index < -0.39 is 43.6 Å². The Bertz CT molecular complexity index is 566. The highest BCUT2D eigenvalue weighted by Crippen LogP contribution is 2.20. The molecule has 0 fully saturated rings. The van der Waals surface area contributed by atoms with Crippen molar-refractivity contribution in [1.82, 2.24) is 4.90 Å². The van der Waals surface area contributed by atoms with Gasteiger partial charge in [0, 0.05) is 7.05 Å². The summed E-state index contributed by atoms with van der Waals surface area (Å²) in [6.45, 7) is -1.97. The summed E-state index contributed by atoms with van der Waals surface area (Å²) >= 11 is 0. The first-order chi connectivity index (χ1) is 11.6. The lowest BCUT2D eigenvalue weighted by Crippen LogP contribution is -2.46. The summed E-state index contributed by atoms with van der Waals surface area (Å²) in [5, 5.41) is 17.9. The zero-order chi connectivity index (χ0) is 19.0. The molecule has 0 spiro atoms. The molecule has 10 heteroatoms. The van der Waals surface area contributed by atoms with E-state index >= 15 is 0 Å². The minimum absolute atomic E-state index is 0.0933. The molecule has 0 saturated carbocycles.